The molecule has 1 saturated heterocycles. The van der Waals surface area contributed by atoms with Crippen molar-refractivity contribution in [1.29, 1.82) is 0 Å². The molecule has 0 amide bonds. The number of aryl methyl sites for hydroxylation is 2. The molecule has 1 fully saturated rings. The van der Waals surface area contributed by atoms with E-state index in [1.807, 2.05) is 19.2 Å². The van der Waals surface area contributed by atoms with Crippen LogP contribution in [0.1, 0.15) is 48.7 Å². The minimum atomic E-state index is 0.321. The largest absolute Gasteiger partial charge is 0.368 e. The predicted molar refractivity (Wildman–Crippen MR) is 114 cm³/mol. The molecule has 0 spiro atoms. The van der Waals surface area contributed by atoms with Gasteiger partial charge in [-0.25, -0.2) is 4.98 Å². The molecule has 2 aromatic rings. The number of hydrogen-bond acceptors (Lipinski definition) is 7. The van der Waals surface area contributed by atoms with Gasteiger partial charge in [-0.3, -0.25) is 4.98 Å². The zero-order chi connectivity index (χ0) is 19.2. The minimum absolute atomic E-state index is 0.321. The van der Waals surface area contributed by atoms with E-state index < -0.39 is 0 Å². The SMILES string of the molecule is CCc1nc(N)nc(N2CCCCC2)c1C#Cc1cnc(C)c(NSC)c1. The summed E-state index contributed by atoms with van der Waals surface area (Å²) in [6.07, 6.45) is 8.16. The molecule has 3 rings (SSSR count). The van der Waals surface area contributed by atoms with Crippen LogP contribution in [-0.4, -0.2) is 34.3 Å². The highest BCUT2D eigenvalue weighted by Gasteiger charge is 2.19. The highest BCUT2D eigenvalue weighted by atomic mass is 32.2. The van der Waals surface area contributed by atoms with Gasteiger partial charge >= 0.3 is 0 Å². The van der Waals surface area contributed by atoms with Gasteiger partial charge in [0.2, 0.25) is 5.95 Å². The Labute approximate surface area is 165 Å². The zero-order valence-corrected chi connectivity index (χ0v) is 17.0. The average Bonchev–Trinajstić information content (AvgIpc) is 2.69. The molecule has 6 nitrogen and oxygen atoms in total. The maximum atomic E-state index is 5.97. The summed E-state index contributed by atoms with van der Waals surface area (Å²) in [6, 6.07) is 2.02. The molecule has 27 heavy (non-hydrogen) atoms. The molecular weight excluding hydrogens is 356 g/mol. The Morgan fingerprint density at radius 1 is 1.22 bits per heavy atom. The summed E-state index contributed by atoms with van der Waals surface area (Å²) in [5, 5.41) is 0. The molecule has 3 N–H and O–H groups in total. The molecular formula is C20H26N6S. The van der Waals surface area contributed by atoms with Crippen molar-refractivity contribution in [2.45, 2.75) is 39.5 Å². The molecule has 2 aromatic heterocycles. The number of nitrogens with one attached hydrogen (secondary N) is 1. The molecule has 3 heterocycles. The second-order valence-electron chi connectivity index (χ2n) is 6.54. The fourth-order valence-electron chi connectivity index (χ4n) is 3.18. The number of nitrogens with zero attached hydrogens (tertiary/aromatic N) is 4. The van der Waals surface area contributed by atoms with Crippen LogP contribution in [0.25, 0.3) is 0 Å². The normalized spacial score (nSPS) is 13.8. The first-order valence-electron chi connectivity index (χ1n) is 9.31. The standard InChI is InChI=1S/C20H26N6S/c1-4-17-16(9-8-15-12-18(25-27-3)14(2)22-13-15)19(24-20(21)23-17)26-10-6-5-7-11-26/h12-13,25H,4-7,10-11H2,1-3H3,(H2,21,23,24). The quantitative estimate of drug-likeness (QED) is 0.619. The van der Waals surface area contributed by atoms with E-state index in [0.717, 1.165) is 53.5 Å². The summed E-state index contributed by atoms with van der Waals surface area (Å²) in [5.41, 5.74) is 10.5. The van der Waals surface area contributed by atoms with Crippen molar-refractivity contribution < 1.29 is 0 Å². The molecule has 0 aliphatic carbocycles. The van der Waals surface area contributed by atoms with Crippen LogP contribution in [0, 0.1) is 18.8 Å². The lowest BCUT2D eigenvalue weighted by Gasteiger charge is -2.29. The number of anilines is 3. The Morgan fingerprint density at radius 3 is 2.70 bits per heavy atom. The smallest absolute Gasteiger partial charge is 0.222 e. The van der Waals surface area contributed by atoms with Gasteiger partial charge in [0, 0.05) is 31.1 Å². The van der Waals surface area contributed by atoms with Crippen molar-refractivity contribution in [1.82, 2.24) is 15.0 Å². The van der Waals surface area contributed by atoms with Gasteiger partial charge < -0.3 is 15.4 Å². The number of hydrogen-bond donors (Lipinski definition) is 2. The van der Waals surface area contributed by atoms with Gasteiger partial charge in [-0.2, -0.15) is 4.98 Å². The van der Waals surface area contributed by atoms with Crippen LogP contribution in [-0.2, 0) is 6.42 Å². The maximum Gasteiger partial charge on any atom is 0.222 e. The summed E-state index contributed by atoms with van der Waals surface area (Å²) >= 11 is 1.54. The van der Waals surface area contributed by atoms with Crippen molar-refractivity contribution in [2.75, 3.05) is 34.7 Å². The minimum Gasteiger partial charge on any atom is -0.368 e. The summed E-state index contributed by atoms with van der Waals surface area (Å²) in [5.74, 6) is 7.76. The summed E-state index contributed by atoms with van der Waals surface area (Å²) in [7, 11) is 0. The van der Waals surface area contributed by atoms with Crippen LogP contribution < -0.4 is 15.4 Å². The lowest BCUT2D eigenvalue weighted by molar-refractivity contribution is 0.572. The van der Waals surface area contributed by atoms with Gasteiger partial charge in [-0.15, -0.1) is 0 Å². The van der Waals surface area contributed by atoms with E-state index >= 15 is 0 Å². The predicted octanol–water partition coefficient (Wildman–Crippen LogP) is 3.40. The third-order valence-corrected chi connectivity index (χ3v) is 5.03. The second-order valence-corrected chi connectivity index (χ2v) is 7.15. The molecule has 0 unspecified atom stereocenters. The summed E-state index contributed by atoms with van der Waals surface area (Å²) in [6.45, 7) is 6.03. The van der Waals surface area contributed by atoms with Crippen LogP contribution in [0.5, 0.6) is 0 Å². The monoisotopic (exact) mass is 382 g/mol. The highest BCUT2D eigenvalue weighted by Crippen LogP contribution is 2.25. The Balaban J connectivity index is 2.01. The Bertz CT molecular complexity index is 865. The van der Waals surface area contributed by atoms with Gasteiger partial charge in [0.25, 0.3) is 0 Å². The van der Waals surface area contributed by atoms with Crippen molar-refractivity contribution in [3.8, 4) is 11.8 Å². The third-order valence-electron chi connectivity index (χ3n) is 4.60. The lowest BCUT2D eigenvalue weighted by atomic mass is 10.1. The van der Waals surface area contributed by atoms with Crippen LogP contribution in [0.4, 0.5) is 17.5 Å². The van der Waals surface area contributed by atoms with Gasteiger partial charge in [-0.1, -0.05) is 30.7 Å². The van der Waals surface area contributed by atoms with Crippen LogP contribution in [0.15, 0.2) is 12.3 Å². The summed E-state index contributed by atoms with van der Waals surface area (Å²) < 4.78 is 3.24. The van der Waals surface area contributed by atoms with Crippen LogP contribution in [0.2, 0.25) is 0 Å². The number of rotatable bonds is 4. The number of aromatic nitrogens is 3. The van der Waals surface area contributed by atoms with Gasteiger partial charge in [-0.05, 0) is 38.7 Å². The maximum absolute atomic E-state index is 5.97. The van der Waals surface area contributed by atoms with E-state index in [2.05, 4.69) is 43.3 Å². The van der Waals surface area contributed by atoms with Gasteiger partial charge in [0.1, 0.15) is 5.82 Å². The summed E-state index contributed by atoms with van der Waals surface area (Å²) in [4.78, 5) is 15.7. The molecule has 0 radical (unpaired) electrons. The van der Waals surface area contributed by atoms with E-state index in [4.69, 9.17) is 5.73 Å². The average molecular weight is 383 g/mol. The molecule has 142 valence electrons. The molecule has 7 heteroatoms. The molecule has 1 aliphatic rings. The number of nitrogen functional groups attached to an aromatic ring is 1. The third kappa shape index (κ3) is 4.64. The Morgan fingerprint density at radius 2 is 2.00 bits per heavy atom. The fraction of sp³-hybridized carbons (Fsp3) is 0.450. The first-order valence-corrected chi connectivity index (χ1v) is 10.5. The molecule has 0 bridgehead atoms. The fourth-order valence-corrected chi connectivity index (χ4v) is 3.61. The van der Waals surface area contributed by atoms with Crippen molar-refractivity contribution >= 4 is 29.4 Å². The van der Waals surface area contributed by atoms with Gasteiger partial charge in [0.15, 0.2) is 0 Å². The van der Waals surface area contributed by atoms with Gasteiger partial charge in [0.05, 0.1) is 22.6 Å². The molecule has 0 atom stereocenters. The van der Waals surface area contributed by atoms with E-state index in [1.54, 1.807) is 18.1 Å². The first kappa shape index (κ1) is 19.3. The molecule has 1 aliphatic heterocycles. The van der Waals surface area contributed by atoms with E-state index in [0.29, 0.717) is 5.95 Å². The van der Waals surface area contributed by atoms with Crippen molar-refractivity contribution in [3.05, 3.63) is 34.8 Å². The molecule has 0 aromatic carbocycles. The Hall–Kier alpha value is -2.46. The van der Waals surface area contributed by atoms with E-state index in [-0.39, 0.29) is 0 Å². The van der Waals surface area contributed by atoms with Crippen LogP contribution >= 0.6 is 11.9 Å². The topological polar surface area (TPSA) is 80.0 Å². The van der Waals surface area contributed by atoms with E-state index in [9.17, 15) is 0 Å². The number of pyridine rings is 1. The zero-order valence-electron chi connectivity index (χ0n) is 16.2. The first-order chi connectivity index (χ1) is 13.1. The van der Waals surface area contributed by atoms with E-state index in [1.165, 1.54) is 19.3 Å². The van der Waals surface area contributed by atoms with Crippen LogP contribution in [0.3, 0.4) is 0 Å². The highest BCUT2D eigenvalue weighted by molar-refractivity contribution is 7.99. The lowest BCUT2D eigenvalue weighted by Crippen LogP contribution is -2.31. The molecule has 0 saturated carbocycles. The Kier molecular flexibility index (Phi) is 6.40. The second kappa shape index (κ2) is 8.96. The van der Waals surface area contributed by atoms with Crippen molar-refractivity contribution in [2.24, 2.45) is 0 Å². The number of piperidine rings is 1. The van der Waals surface area contributed by atoms with Crippen molar-refractivity contribution in [3.63, 3.8) is 0 Å². The number of nitrogens with two attached hydrogens (primary N) is 1.